The molecule has 0 bridgehead atoms. The van der Waals surface area contributed by atoms with Crippen molar-refractivity contribution in [2.75, 3.05) is 52.5 Å². The lowest BCUT2D eigenvalue weighted by Crippen LogP contribution is -2.25. The molecule has 0 aliphatic heterocycles. The molecule has 0 saturated carbocycles. The Morgan fingerprint density at radius 2 is 1.34 bits per heavy atom. The van der Waals surface area contributed by atoms with Gasteiger partial charge in [0, 0.05) is 29.8 Å². The number of ether oxygens (including phenoxy) is 2. The Balaban J connectivity index is 1.65. The molecule has 0 N–H and O–H groups in total. The highest BCUT2D eigenvalue weighted by Gasteiger charge is 2.30. The van der Waals surface area contributed by atoms with Crippen LogP contribution in [0.3, 0.4) is 0 Å². The van der Waals surface area contributed by atoms with Crippen molar-refractivity contribution in [3.05, 3.63) is 47.5 Å². The zero-order valence-corrected chi connectivity index (χ0v) is 20.2. The number of ketones is 1. The van der Waals surface area contributed by atoms with Gasteiger partial charge in [-0.05, 0) is 68.8 Å². The van der Waals surface area contributed by atoms with E-state index in [9.17, 15) is 4.79 Å². The van der Waals surface area contributed by atoms with Gasteiger partial charge in [-0.15, -0.1) is 0 Å². The summed E-state index contributed by atoms with van der Waals surface area (Å²) in [5.41, 5.74) is 3.30. The van der Waals surface area contributed by atoms with E-state index in [2.05, 4.69) is 37.5 Å². The first-order valence-electron chi connectivity index (χ1n) is 12.1. The minimum absolute atomic E-state index is 0.0529. The summed E-state index contributed by atoms with van der Waals surface area (Å²) in [5.74, 6) is 1.60. The molecule has 2 aromatic rings. The molecule has 2 aromatic carbocycles. The molecular weight excluding hydrogens is 400 g/mol. The average Bonchev–Trinajstić information content (AvgIpc) is 3.11. The van der Waals surface area contributed by atoms with E-state index in [0.29, 0.717) is 18.8 Å². The van der Waals surface area contributed by atoms with Crippen molar-refractivity contribution in [1.82, 2.24) is 9.80 Å². The summed E-state index contributed by atoms with van der Waals surface area (Å²) < 4.78 is 12.1. The molecule has 0 radical (unpaired) electrons. The molecule has 1 aliphatic rings. The lowest BCUT2D eigenvalue weighted by atomic mass is 10.0. The fourth-order valence-electron chi connectivity index (χ4n) is 4.31. The number of fused-ring (bicyclic) bond motifs is 3. The molecule has 0 saturated heterocycles. The van der Waals surface area contributed by atoms with Gasteiger partial charge in [-0.1, -0.05) is 39.8 Å². The van der Waals surface area contributed by atoms with E-state index in [1.165, 1.54) is 0 Å². The molecule has 0 amide bonds. The zero-order chi connectivity index (χ0) is 22.9. The monoisotopic (exact) mass is 438 g/mol. The lowest BCUT2D eigenvalue weighted by Gasteiger charge is -2.18. The topological polar surface area (TPSA) is 42.0 Å². The van der Waals surface area contributed by atoms with Crippen LogP contribution in [0.25, 0.3) is 11.1 Å². The normalized spacial score (nSPS) is 12.4. The van der Waals surface area contributed by atoms with Crippen LogP contribution in [0.2, 0.25) is 0 Å². The summed E-state index contributed by atoms with van der Waals surface area (Å²) >= 11 is 0. The third-order valence-electron chi connectivity index (χ3n) is 6.33. The third-order valence-corrected chi connectivity index (χ3v) is 6.33. The van der Waals surface area contributed by atoms with Crippen molar-refractivity contribution in [2.45, 2.75) is 40.5 Å². The van der Waals surface area contributed by atoms with Gasteiger partial charge in [0.05, 0.1) is 13.2 Å². The fraction of sp³-hybridized carbons (Fsp3) is 0.519. The van der Waals surface area contributed by atoms with Gasteiger partial charge < -0.3 is 19.3 Å². The highest BCUT2D eigenvalue weighted by atomic mass is 16.5. The van der Waals surface area contributed by atoms with Gasteiger partial charge in [0.15, 0.2) is 5.78 Å². The first kappa shape index (κ1) is 24.3. The second-order valence-electron chi connectivity index (χ2n) is 8.17. The molecule has 0 aromatic heterocycles. The molecule has 1 aliphatic carbocycles. The van der Waals surface area contributed by atoms with Crippen molar-refractivity contribution in [3.63, 3.8) is 0 Å². The van der Waals surface area contributed by atoms with Gasteiger partial charge in [-0.2, -0.15) is 0 Å². The molecule has 0 atom stereocenters. The first-order chi connectivity index (χ1) is 15.6. The van der Waals surface area contributed by atoms with Crippen LogP contribution in [-0.2, 0) is 0 Å². The van der Waals surface area contributed by atoms with Gasteiger partial charge in [0.25, 0.3) is 0 Å². The summed E-state index contributed by atoms with van der Waals surface area (Å²) in [6, 6.07) is 11.6. The van der Waals surface area contributed by atoms with Crippen LogP contribution in [-0.4, -0.2) is 68.1 Å². The second kappa shape index (κ2) is 12.0. The maximum absolute atomic E-state index is 13.1. The molecule has 3 rings (SSSR count). The lowest BCUT2D eigenvalue weighted by molar-refractivity contribution is 0.104. The Kier molecular flexibility index (Phi) is 9.12. The number of benzene rings is 2. The van der Waals surface area contributed by atoms with Gasteiger partial charge in [0.1, 0.15) is 11.5 Å². The summed E-state index contributed by atoms with van der Waals surface area (Å²) in [6.45, 7) is 16.3. The van der Waals surface area contributed by atoms with E-state index in [4.69, 9.17) is 9.47 Å². The molecule has 0 spiro atoms. The Bertz CT molecular complexity index is 888. The average molecular weight is 439 g/mol. The van der Waals surface area contributed by atoms with Crippen molar-refractivity contribution < 1.29 is 14.3 Å². The standard InChI is InChI=1S/C27H38N2O3/c1-5-28(6-2)16-10-18-31-21-14-15-22-24(20-21)27(30)23-12-9-13-25(26(22)23)32-19-11-17-29(7-3)8-4/h9,12-15,20H,5-8,10-11,16-19H2,1-4H3. The number of nitrogens with zero attached hydrogens (tertiary/aromatic N) is 2. The Morgan fingerprint density at radius 1 is 0.719 bits per heavy atom. The predicted octanol–water partition coefficient (Wildman–Crippen LogP) is 5.12. The molecule has 0 fully saturated rings. The van der Waals surface area contributed by atoms with E-state index in [1.807, 2.05) is 36.4 Å². The fourth-order valence-corrected chi connectivity index (χ4v) is 4.31. The largest absolute Gasteiger partial charge is 0.494 e. The minimum Gasteiger partial charge on any atom is -0.494 e. The molecular formula is C27H38N2O3. The number of hydrogen-bond acceptors (Lipinski definition) is 5. The Labute approximate surface area is 193 Å². The molecule has 0 heterocycles. The van der Waals surface area contributed by atoms with Gasteiger partial charge in [0.2, 0.25) is 0 Å². The Hall–Kier alpha value is -2.37. The van der Waals surface area contributed by atoms with Crippen molar-refractivity contribution in [2.24, 2.45) is 0 Å². The summed E-state index contributed by atoms with van der Waals surface area (Å²) in [5, 5.41) is 0. The van der Waals surface area contributed by atoms with Crippen molar-refractivity contribution in [1.29, 1.82) is 0 Å². The van der Waals surface area contributed by atoms with Crippen LogP contribution in [0.15, 0.2) is 36.4 Å². The van der Waals surface area contributed by atoms with Crippen LogP contribution >= 0.6 is 0 Å². The van der Waals surface area contributed by atoms with Gasteiger partial charge in [-0.3, -0.25) is 4.79 Å². The van der Waals surface area contributed by atoms with Crippen LogP contribution in [0.5, 0.6) is 11.5 Å². The SMILES string of the molecule is CCN(CC)CCCOc1ccc2c(c1)C(=O)c1cccc(OCCCN(CC)CC)c1-2. The minimum atomic E-state index is 0.0529. The first-order valence-corrected chi connectivity index (χ1v) is 12.1. The highest BCUT2D eigenvalue weighted by molar-refractivity contribution is 6.22. The zero-order valence-electron chi connectivity index (χ0n) is 20.2. The van der Waals surface area contributed by atoms with Crippen LogP contribution in [0.1, 0.15) is 56.5 Å². The van der Waals surface area contributed by atoms with Gasteiger partial charge >= 0.3 is 0 Å². The van der Waals surface area contributed by atoms with E-state index < -0.39 is 0 Å². The molecule has 0 unspecified atom stereocenters. The van der Waals surface area contributed by atoms with E-state index in [1.54, 1.807) is 0 Å². The summed E-state index contributed by atoms with van der Waals surface area (Å²) in [6.07, 6.45) is 1.94. The second-order valence-corrected chi connectivity index (χ2v) is 8.17. The smallest absolute Gasteiger partial charge is 0.194 e. The predicted molar refractivity (Wildman–Crippen MR) is 131 cm³/mol. The number of hydrogen-bond donors (Lipinski definition) is 0. The van der Waals surface area contributed by atoms with Crippen molar-refractivity contribution in [3.8, 4) is 22.6 Å². The maximum Gasteiger partial charge on any atom is 0.194 e. The number of carbonyl (C=O) groups is 1. The van der Waals surface area contributed by atoms with Gasteiger partial charge in [-0.25, -0.2) is 0 Å². The molecule has 5 heteroatoms. The summed E-state index contributed by atoms with van der Waals surface area (Å²) in [7, 11) is 0. The molecule has 174 valence electrons. The van der Waals surface area contributed by atoms with E-state index in [-0.39, 0.29) is 5.78 Å². The van der Waals surface area contributed by atoms with E-state index in [0.717, 1.165) is 80.3 Å². The van der Waals surface area contributed by atoms with Crippen LogP contribution < -0.4 is 9.47 Å². The van der Waals surface area contributed by atoms with E-state index >= 15 is 0 Å². The van der Waals surface area contributed by atoms with Crippen LogP contribution in [0.4, 0.5) is 0 Å². The Morgan fingerprint density at radius 3 is 1.97 bits per heavy atom. The third kappa shape index (κ3) is 5.70. The quantitative estimate of drug-likeness (QED) is 0.327. The number of rotatable bonds is 14. The maximum atomic E-state index is 13.1. The molecule has 32 heavy (non-hydrogen) atoms. The van der Waals surface area contributed by atoms with Crippen LogP contribution in [0, 0.1) is 0 Å². The summed E-state index contributed by atoms with van der Waals surface area (Å²) in [4.78, 5) is 17.8. The number of carbonyl (C=O) groups excluding carboxylic acids is 1. The highest BCUT2D eigenvalue weighted by Crippen LogP contribution is 2.43. The van der Waals surface area contributed by atoms with Crippen molar-refractivity contribution >= 4 is 5.78 Å². The molecule has 5 nitrogen and oxygen atoms in total.